The number of allylic oxidation sites excluding steroid dienone is 8. The number of phosphoric acid groups is 1. The fraction of sp³-hybridized carbons (Fsp3) is 0.643. The van der Waals surface area contributed by atoms with Crippen molar-refractivity contribution in [3.05, 3.63) is 48.6 Å². The quantitative estimate of drug-likeness (QED) is 0.0616. The summed E-state index contributed by atoms with van der Waals surface area (Å²) in [5, 5.41) is 18.0. The Kier molecular flexibility index (Phi) is 23.6. The van der Waals surface area contributed by atoms with E-state index in [0.29, 0.717) is 12.8 Å². The lowest BCUT2D eigenvalue weighted by Crippen LogP contribution is -2.29. The van der Waals surface area contributed by atoms with Crippen LogP contribution in [0.25, 0.3) is 0 Å². The molecule has 0 saturated carbocycles. The lowest BCUT2D eigenvalue weighted by Gasteiger charge is -2.20. The molecule has 0 aromatic rings. The monoisotopic (exact) mass is 574 g/mol. The smallest absolute Gasteiger partial charge is 0.462 e. The number of aliphatic hydroxyl groups is 2. The van der Waals surface area contributed by atoms with Crippen LogP contribution in [0.3, 0.4) is 0 Å². The zero-order valence-electron chi connectivity index (χ0n) is 23.3. The molecule has 0 aliphatic carbocycles. The van der Waals surface area contributed by atoms with Gasteiger partial charge < -0.3 is 24.6 Å². The highest BCUT2D eigenvalue weighted by molar-refractivity contribution is 7.47. The lowest BCUT2D eigenvalue weighted by atomic mass is 10.2. The van der Waals surface area contributed by atoms with Crippen molar-refractivity contribution in [2.45, 2.75) is 90.3 Å². The number of esters is 2. The number of aliphatic hydroxyl groups excluding tert-OH is 2. The molecule has 0 saturated heterocycles. The van der Waals surface area contributed by atoms with Gasteiger partial charge >= 0.3 is 19.8 Å². The maximum atomic E-state index is 12.3. The van der Waals surface area contributed by atoms with Crippen molar-refractivity contribution < 1.29 is 47.8 Å². The Morgan fingerprint density at radius 2 is 1.38 bits per heavy atom. The molecule has 3 N–H and O–H groups in total. The van der Waals surface area contributed by atoms with E-state index in [4.69, 9.17) is 19.1 Å². The van der Waals surface area contributed by atoms with Crippen LogP contribution in [0.2, 0.25) is 0 Å². The molecule has 0 heterocycles. The van der Waals surface area contributed by atoms with E-state index in [0.717, 1.165) is 38.5 Å². The Morgan fingerprint density at radius 3 is 1.97 bits per heavy atom. The lowest BCUT2D eigenvalue weighted by molar-refractivity contribution is -0.161. The predicted octanol–water partition coefficient (Wildman–Crippen LogP) is 5.09. The van der Waals surface area contributed by atoms with E-state index < -0.39 is 51.8 Å². The van der Waals surface area contributed by atoms with Crippen LogP contribution in [-0.4, -0.2) is 65.7 Å². The molecule has 0 aliphatic heterocycles. The molecule has 0 radical (unpaired) electrons. The van der Waals surface area contributed by atoms with Gasteiger partial charge in [0.1, 0.15) is 12.7 Å². The van der Waals surface area contributed by atoms with Crippen molar-refractivity contribution in [3.63, 3.8) is 0 Å². The van der Waals surface area contributed by atoms with Crippen molar-refractivity contribution in [2.75, 3.05) is 26.4 Å². The van der Waals surface area contributed by atoms with Gasteiger partial charge in [-0.3, -0.25) is 18.6 Å². The Morgan fingerprint density at radius 1 is 0.795 bits per heavy atom. The molecule has 0 aromatic carbocycles. The van der Waals surface area contributed by atoms with Crippen molar-refractivity contribution in [1.82, 2.24) is 0 Å². The number of phosphoric ester groups is 1. The molecule has 0 spiro atoms. The molecular formula is C28H47O10P. The highest BCUT2D eigenvalue weighted by Gasteiger charge is 2.27. The van der Waals surface area contributed by atoms with Crippen molar-refractivity contribution in [1.29, 1.82) is 0 Å². The van der Waals surface area contributed by atoms with Crippen LogP contribution in [0.5, 0.6) is 0 Å². The van der Waals surface area contributed by atoms with Crippen LogP contribution in [-0.2, 0) is 32.7 Å². The first-order valence-corrected chi connectivity index (χ1v) is 15.1. The third kappa shape index (κ3) is 24.7. The van der Waals surface area contributed by atoms with Crippen LogP contribution in [0, 0.1) is 0 Å². The maximum Gasteiger partial charge on any atom is 0.472 e. The summed E-state index contributed by atoms with van der Waals surface area (Å²) < 4.78 is 31.7. The van der Waals surface area contributed by atoms with Gasteiger partial charge in [0.2, 0.25) is 0 Å². The van der Waals surface area contributed by atoms with Gasteiger partial charge in [0, 0.05) is 12.8 Å². The Balaban J connectivity index is 4.36. The summed E-state index contributed by atoms with van der Waals surface area (Å²) in [6.07, 6.45) is 21.4. The average Bonchev–Trinajstić information content (AvgIpc) is 2.91. The zero-order chi connectivity index (χ0) is 29.2. The van der Waals surface area contributed by atoms with Crippen LogP contribution < -0.4 is 0 Å². The number of carbonyl (C=O) groups is 2. The summed E-state index contributed by atoms with van der Waals surface area (Å²) in [5.41, 5.74) is 0. The average molecular weight is 575 g/mol. The SMILES string of the molecule is CC/C=C\C/C=C\C/C=C\C/C=C\CCCCC(=O)OC(COC(=O)CCC)COP(=O)(O)OCC(O)CO. The van der Waals surface area contributed by atoms with Gasteiger partial charge in [-0.05, 0) is 51.4 Å². The summed E-state index contributed by atoms with van der Waals surface area (Å²) >= 11 is 0. The molecule has 224 valence electrons. The minimum Gasteiger partial charge on any atom is -0.462 e. The second-order valence-electron chi connectivity index (χ2n) is 8.69. The fourth-order valence-corrected chi connectivity index (χ4v) is 3.69. The Labute approximate surface area is 233 Å². The topological polar surface area (TPSA) is 149 Å². The molecule has 0 aromatic heterocycles. The van der Waals surface area contributed by atoms with E-state index >= 15 is 0 Å². The summed E-state index contributed by atoms with van der Waals surface area (Å²) in [5.74, 6) is -1.05. The first-order valence-electron chi connectivity index (χ1n) is 13.6. The van der Waals surface area contributed by atoms with Gasteiger partial charge in [-0.2, -0.15) is 0 Å². The normalized spacial score (nSPS) is 15.3. The van der Waals surface area contributed by atoms with Gasteiger partial charge in [0.25, 0.3) is 0 Å². The molecule has 0 fully saturated rings. The van der Waals surface area contributed by atoms with Crippen LogP contribution in [0.1, 0.15) is 78.1 Å². The van der Waals surface area contributed by atoms with Crippen LogP contribution in [0.15, 0.2) is 48.6 Å². The van der Waals surface area contributed by atoms with E-state index in [9.17, 15) is 24.2 Å². The van der Waals surface area contributed by atoms with E-state index in [2.05, 4.69) is 60.1 Å². The predicted molar refractivity (Wildman–Crippen MR) is 150 cm³/mol. The standard InChI is InChI=1S/C28H47O10P/c1-3-5-6-7-8-9-10-11-12-13-14-15-16-17-18-20-28(32)38-26(23-35-27(31)19-4-2)24-37-39(33,34)36-22-25(30)21-29/h5-6,8-9,11-12,14-15,25-26,29-30H,3-4,7,10,13,16-24H2,1-2H3,(H,33,34)/b6-5-,9-8-,12-11-,15-14-. The Bertz CT molecular complexity index is 806. The molecule has 0 rings (SSSR count). The first-order chi connectivity index (χ1) is 18.7. The third-order valence-corrected chi connectivity index (χ3v) is 5.92. The first kappa shape index (κ1) is 36.9. The van der Waals surface area contributed by atoms with Gasteiger partial charge in [-0.15, -0.1) is 0 Å². The van der Waals surface area contributed by atoms with Gasteiger partial charge in [0.15, 0.2) is 6.10 Å². The molecule has 3 unspecified atom stereocenters. The molecule has 11 heteroatoms. The number of unbranched alkanes of at least 4 members (excludes halogenated alkanes) is 2. The summed E-state index contributed by atoms with van der Waals surface area (Å²) in [4.78, 5) is 33.6. The molecule has 0 amide bonds. The molecule has 0 aliphatic rings. The van der Waals surface area contributed by atoms with Crippen LogP contribution in [0.4, 0.5) is 0 Å². The highest BCUT2D eigenvalue weighted by atomic mass is 31.2. The van der Waals surface area contributed by atoms with Crippen molar-refractivity contribution >= 4 is 19.8 Å². The molecular weight excluding hydrogens is 527 g/mol. The van der Waals surface area contributed by atoms with E-state index in [1.54, 1.807) is 6.92 Å². The fourth-order valence-electron chi connectivity index (χ4n) is 2.90. The van der Waals surface area contributed by atoms with Gasteiger partial charge in [-0.1, -0.05) is 62.5 Å². The summed E-state index contributed by atoms with van der Waals surface area (Å²) in [6, 6.07) is 0. The number of rotatable bonds is 24. The van der Waals surface area contributed by atoms with Crippen molar-refractivity contribution in [2.24, 2.45) is 0 Å². The zero-order valence-corrected chi connectivity index (χ0v) is 24.2. The maximum absolute atomic E-state index is 12.3. The van der Waals surface area contributed by atoms with Crippen LogP contribution >= 0.6 is 7.82 Å². The van der Waals surface area contributed by atoms with Gasteiger partial charge in [0.05, 0.1) is 19.8 Å². The highest BCUT2D eigenvalue weighted by Crippen LogP contribution is 2.43. The molecule has 10 nitrogen and oxygen atoms in total. The Hall–Kier alpha value is -2.07. The van der Waals surface area contributed by atoms with E-state index in [-0.39, 0.29) is 19.4 Å². The molecule has 3 atom stereocenters. The second kappa shape index (κ2) is 24.9. The van der Waals surface area contributed by atoms with Gasteiger partial charge in [-0.25, -0.2) is 4.57 Å². The third-order valence-electron chi connectivity index (χ3n) is 4.97. The minimum atomic E-state index is -4.59. The summed E-state index contributed by atoms with van der Waals surface area (Å²) in [6.45, 7) is 1.74. The number of ether oxygens (including phenoxy) is 2. The van der Waals surface area contributed by atoms with E-state index in [1.165, 1.54) is 0 Å². The molecule has 39 heavy (non-hydrogen) atoms. The van der Waals surface area contributed by atoms with E-state index in [1.807, 2.05) is 0 Å². The molecule has 0 bridgehead atoms. The largest absolute Gasteiger partial charge is 0.472 e. The number of carbonyl (C=O) groups excluding carboxylic acids is 2. The number of hydrogen-bond donors (Lipinski definition) is 3. The summed E-state index contributed by atoms with van der Waals surface area (Å²) in [7, 11) is -4.59. The number of hydrogen-bond acceptors (Lipinski definition) is 9. The minimum absolute atomic E-state index is 0.128. The second-order valence-corrected chi connectivity index (χ2v) is 10.1. The van der Waals surface area contributed by atoms with Crippen molar-refractivity contribution in [3.8, 4) is 0 Å².